The third-order valence-electron chi connectivity index (χ3n) is 7.18. The molecule has 2 aromatic rings. The Morgan fingerprint density at radius 1 is 1.03 bits per heavy atom. The van der Waals surface area contributed by atoms with E-state index < -0.39 is 35.1 Å². The largest absolute Gasteiger partial charge is 0.445 e. The molecule has 5 nitrogen and oxygen atoms in total. The molecule has 2 aliphatic heterocycles. The molecule has 11 heteroatoms. The monoisotopic (exact) mass is 544 g/mol. The minimum atomic E-state index is -4.94. The summed E-state index contributed by atoms with van der Waals surface area (Å²) >= 11 is 0. The quantitative estimate of drug-likeness (QED) is 0.412. The summed E-state index contributed by atoms with van der Waals surface area (Å²) < 4.78 is 91.6. The third kappa shape index (κ3) is 6.61. The van der Waals surface area contributed by atoms with Crippen LogP contribution in [-0.2, 0) is 27.4 Å². The number of hydrogen-bond acceptors (Lipinski definition) is 4. The number of piperidine rings is 1. The van der Waals surface area contributed by atoms with Gasteiger partial charge in [-0.15, -0.1) is 0 Å². The normalized spacial score (nSPS) is 23.3. The number of likely N-dealkylation sites (tertiary alicyclic amines) is 1. The molecule has 0 bridgehead atoms. The first-order valence-electron chi connectivity index (χ1n) is 12.5. The van der Waals surface area contributed by atoms with E-state index in [1.807, 2.05) is 30.3 Å². The molecule has 0 aromatic heterocycles. The molecule has 2 fully saturated rings. The number of carbonyl (C=O) groups is 1. The highest BCUT2D eigenvalue weighted by Gasteiger charge is 2.40. The highest BCUT2D eigenvalue weighted by Crippen LogP contribution is 2.39. The average Bonchev–Trinajstić information content (AvgIpc) is 3.43. The topological polar surface area (TPSA) is 50.8 Å². The van der Waals surface area contributed by atoms with Crippen LogP contribution in [0.1, 0.15) is 61.0 Å². The highest BCUT2D eigenvalue weighted by atomic mass is 19.4. The molecule has 0 spiro atoms. The van der Waals surface area contributed by atoms with Crippen LogP contribution in [0.5, 0.6) is 0 Å². The standard InChI is InChI=1S/C27H30F6N2O3/c1-18(19-13-21(26(28,29)30)15-22(14-19)27(31,32)33)37-17-25(20-7-3-2-4-8-20)10-9-23(16-34-25)38-24(36)35-11-5-6-12-35/h2-4,7-8,13-15,18,23,34H,5-6,9-12,16-17H2,1H3/t18?,23?,25-/m1/s1. The summed E-state index contributed by atoms with van der Waals surface area (Å²) in [5.41, 5.74) is -2.89. The van der Waals surface area contributed by atoms with E-state index >= 15 is 0 Å². The van der Waals surface area contributed by atoms with Gasteiger partial charge in [0.25, 0.3) is 0 Å². The number of ether oxygens (including phenoxy) is 2. The van der Waals surface area contributed by atoms with E-state index in [-0.39, 0.29) is 30.4 Å². The van der Waals surface area contributed by atoms with Crippen LogP contribution in [0, 0.1) is 0 Å². The van der Waals surface area contributed by atoms with E-state index in [9.17, 15) is 31.1 Å². The molecule has 2 aromatic carbocycles. The van der Waals surface area contributed by atoms with Crippen LogP contribution in [0.3, 0.4) is 0 Å². The lowest BCUT2D eigenvalue weighted by molar-refractivity contribution is -0.143. The molecule has 38 heavy (non-hydrogen) atoms. The van der Waals surface area contributed by atoms with E-state index in [4.69, 9.17) is 9.47 Å². The van der Waals surface area contributed by atoms with Gasteiger partial charge in [0, 0.05) is 19.6 Å². The summed E-state index contributed by atoms with van der Waals surface area (Å²) in [6.45, 7) is 3.09. The smallest absolute Gasteiger partial charge is 0.416 e. The molecule has 1 N–H and O–H groups in total. The van der Waals surface area contributed by atoms with E-state index in [2.05, 4.69) is 5.32 Å². The van der Waals surface area contributed by atoms with Crippen molar-refractivity contribution >= 4 is 6.09 Å². The molecule has 4 rings (SSSR count). The van der Waals surface area contributed by atoms with Crippen molar-refractivity contribution in [2.45, 2.75) is 62.7 Å². The Balaban J connectivity index is 1.49. The number of halogens is 6. The summed E-state index contributed by atoms with van der Waals surface area (Å²) in [4.78, 5) is 14.1. The molecule has 2 unspecified atom stereocenters. The van der Waals surface area contributed by atoms with Crippen LogP contribution in [0.4, 0.5) is 31.1 Å². The molecule has 2 aliphatic rings. The van der Waals surface area contributed by atoms with Crippen molar-refractivity contribution < 1.29 is 40.6 Å². The number of nitrogens with zero attached hydrogens (tertiary/aromatic N) is 1. The van der Waals surface area contributed by atoms with Gasteiger partial charge in [-0.2, -0.15) is 26.3 Å². The third-order valence-corrected chi connectivity index (χ3v) is 7.18. The second-order valence-electron chi connectivity index (χ2n) is 9.86. The summed E-state index contributed by atoms with van der Waals surface area (Å²) in [6, 6.07) is 10.8. The Morgan fingerprint density at radius 2 is 1.63 bits per heavy atom. The predicted octanol–water partition coefficient (Wildman–Crippen LogP) is 6.68. The molecule has 2 saturated heterocycles. The Morgan fingerprint density at radius 3 is 2.16 bits per heavy atom. The van der Waals surface area contributed by atoms with Gasteiger partial charge in [0.2, 0.25) is 0 Å². The summed E-state index contributed by atoms with van der Waals surface area (Å²) in [5.74, 6) is 0. The van der Waals surface area contributed by atoms with Crippen LogP contribution in [-0.4, -0.2) is 43.3 Å². The first-order chi connectivity index (χ1) is 17.9. The number of amides is 1. The molecule has 2 heterocycles. The first kappa shape index (κ1) is 28.2. The molecule has 208 valence electrons. The van der Waals surface area contributed by atoms with Crippen molar-refractivity contribution in [2.24, 2.45) is 0 Å². The van der Waals surface area contributed by atoms with Gasteiger partial charge in [0.05, 0.1) is 29.4 Å². The molecule has 3 atom stereocenters. The predicted molar refractivity (Wildman–Crippen MR) is 127 cm³/mol. The zero-order chi connectivity index (χ0) is 27.6. The van der Waals surface area contributed by atoms with Crippen molar-refractivity contribution in [1.82, 2.24) is 10.2 Å². The van der Waals surface area contributed by atoms with Gasteiger partial charge in [-0.25, -0.2) is 4.79 Å². The first-order valence-corrected chi connectivity index (χ1v) is 12.5. The maximum Gasteiger partial charge on any atom is 0.416 e. The number of nitrogens with one attached hydrogen (secondary N) is 1. The number of benzene rings is 2. The lowest BCUT2D eigenvalue weighted by Gasteiger charge is -2.42. The molecule has 0 aliphatic carbocycles. The molecule has 1 amide bonds. The Hall–Kier alpha value is -2.79. The zero-order valence-corrected chi connectivity index (χ0v) is 20.9. The van der Waals surface area contributed by atoms with Crippen LogP contribution >= 0.6 is 0 Å². The van der Waals surface area contributed by atoms with E-state index in [1.165, 1.54) is 6.92 Å². The fraction of sp³-hybridized carbons (Fsp3) is 0.519. The van der Waals surface area contributed by atoms with Crippen molar-refractivity contribution in [1.29, 1.82) is 0 Å². The fourth-order valence-corrected chi connectivity index (χ4v) is 4.91. The van der Waals surface area contributed by atoms with Gasteiger partial charge in [-0.1, -0.05) is 30.3 Å². The van der Waals surface area contributed by atoms with Gasteiger partial charge < -0.3 is 19.7 Å². The van der Waals surface area contributed by atoms with Gasteiger partial charge in [0.1, 0.15) is 6.10 Å². The maximum atomic E-state index is 13.3. The van der Waals surface area contributed by atoms with Crippen LogP contribution in [0.15, 0.2) is 48.5 Å². The lowest BCUT2D eigenvalue weighted by Crippen LogP contribution is -2.54. The summed E-state index contributed by atoms with van der Waals surface area (Å²) in [6.07, 6.45) is -8.75. The van der Waals surface area contributed by atoms with Crippen LogP contribution in [0.2, 0.25) is 0 Å². The Labute approximate surface area is 217 Å². The summed E-state index contributed by atoms with van der Waals surface area (Å²) in [7, 11) is 0. The number of alkyl halides is 6. The zero-order valence-electron chi connectivity index (χ0n) is 20.9. The van der Waals surface area contributed by atoms with Gasteiger partial charge in [0.15, 0.2) is 0 Å². The maximum absolute atomic E-state index is 13.3. The van der Waals surface area contributed by atoms with Crippen molar-refractivity contribution in [3.8, 4) is 0 Å². The van der Waals surface area contributed by atoms with Gasteiger partial charge >= 0.3 is 18.4 Å². The Bertz CT molecular complexity index is 1060. The molecule has 0 saturated carbocycles. The molecular formula is C27H30F6N2O3. The second kappa shape index (κ2) is 11.1. The van der Waals surface area contributed by atoms with Crippen molar-refractivity contribution in [3.05, 3.63) is 70.8 Å². The minimum Gasteiger partial charge on any atom is -0.445 e. The van der Waals surface area contributed by atoms with Crippen molar-refractivity contribution in [3.63, 3.8) is 0 Å². The minimum absolute atomic E-state index is 0.0113. The second-order valence-corrected chi connectivity index (χ2v) is 9.86. The van der Waals surface area contributed by atoms with E-state index in [0.717, 1.165) is 18.4 Å². The molecule has 0 radical (unpaired) electrons. The number of rotatable bonds is 6. The van der Waals surface area contributed by atoms with E-state index in [1.54, 1.807) is 4.90 Å². The number of carbonyl (C=O) groups excluding carboxylic acids is 1. The van der Waals surface area contributed by atoms with Gasteiger partial charge in [-0.05, 0) is 61.9 Å². The highest BCUT2D eigenvalue weighted by molar-refractivity contribution is 5.68. The van der Waals surface area contributed by atoms with Crippen molar-refractivity contribution in [2.75, 3.05) is 26.2 Å². The van der Waals surface area contributed by atoms with Crippen LogP contribution in [0.25, 0.3) is 0 Å². The fourth-order valence-electron chi connectivity index (χ4n) is 4.91. The number of hydrogen-bond donors (Lipinski definition) is 1. The lowest BCUT2D eigenvalue weighted by atomic mass is 9.82. The van der Waals surface area contributed by atoms with Crippen LogP contribution < -0.4 is 5.32 Å². The molecular weight excluding hydrogens is 514 g/mol. The van der Waals surface area contributed by atoms with E-state index in [0.29, 0.717) is 44.6 Å². The average molecular weight is 545 g/mol. The Kier molecular flexibility index (Phi) is 8.27. The van der Waals surface area contributed by atoms with Gasteiger partial charge in [-0.3, -0.25) is 0 Å². The summed E-state index contributed by atoms with van der Waals surface area (Å²) in [5, 5.41) is 3.39. The SMILES string of the molecule is CC(OC[C@@]1(c2ccccc2)CCC(OC(=O)N2CCCC2)CN1)c1cc(C(F)(F)F)cc(C(F)(F)F)c1.